The Hall–Kier alpha value is 0.550. The Morgan fingerprint density at radius 2 is 0.562 bits per heavy atom. The van der Waals surface area contributed by atoms with Gasteiger partial charge in [-0.2, -0.15) is 0 Å². The summed E-state index contributed by atoms with van der Waals surface area (Å²) >= 11 is 0. The van der Waals surface area contributed by atoms with Crippen LogP contribution >= 0.6 is 39.1 Å². The van der Waals surface area contributed by atoms with Gasteiger partial charge < -0.3 is 48.9 Å². The summed E-state index contributed by atoms with van der Waals surface area (Å²) in [4.78, 5) is 91.0. The van der Waals surface area contributed by atoms with Crippen molar-refractivity contribution in [2.75, 3.05) is 0 Å². The van der Waals surface area contributed by atoms with Crippen molar-refractivity contribution >= 4 is 39.1 Å². The minimum absolute atomic E-state index is 0.806. The van der Waals surface area contributed by atoms with E-state index in [1.165, 1.54) is 0 Å². The minimum Gasteiger partial charge on any atom is -0.303 e. The number of hydrogen-bond acceptors (Lipinski definition) is 10. The van der Waals surface area contributed by atoms with E-state index in [1.54, 1.807) is 0 Å². The molecule has 0 amide bonds. The lowest BCUT2D eigenvalue weighted by atomic mass is 9.79. The highest BCUT2D eigenvalue weighted by atomic mass is 31.2. The molecule has 10 N–H and O–H groups in total. The molecule has 0 aromatic carbocycles. The highest BCUT2D eigenvalue weighted by Gasteiger charge is 2.59. The molecule has 1 fully saturated rings. The van der Waals surface area contributed by atoms with Gasteiger partial charge in [0.05, 0.1) is 0 Å². The third-order valence-corrected chi connectivity index (χ3v) is 6.22. The van der Waals surface area contributed by atoms with E-state index in [0.717, 1.165) is 6.92 Å². The highest BCUT2D eigenvalue weighted by Crippen LogP contribution is 2.56. The molecule has 32 heavy (non-hydrogen) atoms. The summed E-state index contributed by atoms with van der Waals surface area (Å²) in [6.45, 7) is 0.806. The normalized spacial score (nSPS) is 31.0. The second-order valence-corrected chi connectivity index (χ2v) is 12.1. The van der Waals surface area contributed by atoms with Gasteiger partial charge in [-0.15, -0.1) is 0 Å². The predicted octanol–water partition coefficient (Wildman–Crippen LogP) is -1.97. The summed E-state index contributed by atoms with van der Waals surface area (Å²) in [6, 6.07) is 0. The van der Waals surface area contributed by atoms with Crippen LogP contribution in [0.5, 0.6) is 0 Å². The first-order chi connectivity index (χ1) is 13.9. The fourth-order valence-electron chi connectivity index (χ4n) is 2.81. The van der Waals surface area contributed by atoms with Gasteiger partial charge in [0.1, 0.15) is 30.5 Å². The van der Waals surface area contributed by atoms with E-state index in [0.29, 0.717) is 0 Å². The van der Waals surface area contributed by atoms with Crippen LogP contribution in [0, 0.1) is 5.92 Å². The summed E-state index contributed by atoms with van der Waals surface area (Å²) in [5.41, 5.74) is 0. The molecule has 25 heteroatoms. The van der Waals surface area contributed by atoms with Gasteiger partial charge in [-0.25, -0.2) is 22.8 Å². The maximum absolute atomic E-state index is 11.4. The molecular weight excluding hydrogens is 559 g/mol. The number of phosphoric acid groups is 5. The second-order valence-electron chi connectivity index (χ2n) is 6.16. The molecule has 0 saturated heterocycles. The van der Waals surface area contributed by atoms with Gasteiger partial charge in [0, 0.05) is 5.92 Å². The second kappa shape index (κ2) is 10.3. The first-order valence-corrected chi connectivity index (χ1v) is 15.2. The van der Waals surface area contributed by atoms with Crippen LogP contribution in [-0.4, -0.2) is 79.5 Å². The molecule has 0 radical (unpaired) electrons. The van der Waals surface area contributed by atoms with Crippen LogP contribution in [0.4, 0.5) is 0 Å². The molecule has 1 saturated carbocycles. The SMILES string of the molecule is C[C@@H]1[C@@H](OP(=O)(O)O)[C@H](OP(=O)(O)O)[C@@H](OP(=O)(O)O)[C@@H](OP(=O)(O)O)[C@H]1OP(=O)(O)O. The van der Waals surface area contributed by atoms with Gasteiger partial charge in [0.15, 0.2) is 0 Å². The van der Waals surface area contributed by atoms with Crippen molar-refractivity contribution in [2.45, 2.75) is 37.4 Å². The Morgan fingerprint density at radius 1 is 0.406 bits per heavy atom. The average molecular weight is 578 g/mol. The van der Waals surface area contributed by atoms with Crippen LogP contribution in [0.15, 0.2) is 0 Å². The van der Waals surface area contributed by atoms with Gasteiger partial charge in [0.2, 0.25) is 0 Å². The van der Waals surface area contributed by atoms with Gasteiger partial charge in [-0.1, -0.05) is 6.92 Å². The van der Waals surface area contributed by atoms with Crippen molar-refractivity contribution in [3.05, 3.63) is 0 Å². The molecular formula is C7H19O20P5. The summed E-state index contributed by atoms with van der Waals surface area (Å²) < 4.78 is 78.0. The van der Waals surface area contributed by atoms with Crippen molar-refractivity contribution in [1.82, 2.24) is 0 Å². The Labute approximate surface area is 177 Å². The molecule has 6 atom stereocenters. The lowest BCUT2D eigenvalue weighted by Crippen LogP contribution is -2.62. The van der Waals surface area contributed by atoms with E-state index in [1.807, 2.05) is 0 Å². The Bertz CT molecular complexity index is 826. The van der Waals surface area contributed by atoms with E-state index >= 15 is 0 Å². The summed E-state index contributed by atoms with van der Waals surface area (Å²) in [7, 11) is -28.4. The van der Waals surface area contributed by atoms with Crippen LogP contribution in [0.1, 0.15) is 6.92 Å². The van der Waals surface area contributed by atoms with Gasteiger partial charge in [-0.05, 0) is 0 Å². The predicted molar refractivity (Wildman–Crippen MR) is 93.7 cm³/mol. The van der Waals surface area contributed by atoms with E-state index in [-0.39, 0.29) is 0 Å². The fourth-order valence-corrected chi connectivity index (χ4v) is 5.74. The van der Waals surface area contributed by atoms with E-state index in [2.05, 4.69) is 22.6 Å². The van der Waals surface area contributed by atoms with Crippen LogP contribution in [0.2, 0.25) is 0 Å². The first-order valence-electron chi connectivity index (χ1n) is 7.58. The largest absolute Gasteiger partial charge is 0.470 e. The van der Waals surface area contributed by atoms with Gasteiger partial charge in [-0.3, -0.25) is 22.6 Å². The van der Waals surface area contributed by atoms with E-state index < -0.39 is 75.6 Å². The molecule has 0 aromatic heterocycles. The van der Waals surface area contributed by atoms with Crippen LogP contribution < -0.4 is 0 Å². The summed E-state index contributed by atoms with van der Waals surface area (Å²) in [5.74, 6) is -1.89. The maximum atomic E-state index is 11.4. The quantitative estimate of drug-likeness (QED) is 0.126. The molecule has 0 heterocycles. The topological polar surface area (TPSA) is 334 Å². The smallest absolute Gasteiger partial charge is 0.303 e. The average Bonchev–Trinajstić information content (AvgIpc) is 2.45. The van der Waals surface area contributed by atoms with Crippen molar-refractivity contribution in [3.8, 4) is 0 Å². The molecule has 0 bridgehead atoms. The summed E-state index contributed by atoms with van der Waals surface area (Å²) in [6.07, 6.45) is -12.9. The molecule has 0 aromatic rings. The van der Waals surface area contributed by atoms with Crippen molar-refractivity contribution < 1.29 is 94.4 Å². The Kier molecular flexibility index (Phi) is 9.81. The lowest BCUT2D eigenvalue weighted by Gasteiger charge is -2.47. The van der Waals surface area contributed by atoms with Crippen LogP contribution in [-0.2, 0) is 45.4 Å². The van der Waals surface area contributed by atoms with Gasteiger partial charge >= 0.3 is 39.1 Å². The maximum Gasteiger partial charge on any atom is 0.470 e. The third kappa shape index (κ3) is 10.9. The molecule has 0 spiro atoms. The summed E-state index contributed by atoms with van der Waals surface area (Å²) in [5, 5.41) is 0. The number of phosphoric ester groups is 5. The van der Waals surface area contributed by atoms with Crippen molar-refractivity contribution in [3.63, 3.8) is 0 Å². The van der Waals surface area contributed by atoms with Crippen LogP contribution in [0.25, 0.3) is 0 Å². The molecule has 0 unspecified atom stereocenters. The molecule has 1 aliphatic carbocycles. The zero-order valence-electron chi connectivity index (χ0n) is 15.3. The zero-order chi connectivity index (χ0) is 25.5. The zero-order valence-corrected chi connectivity index (χ0v) is 19.7. The fraction of sp³-hybridized carbons (Fsp3) is 1.00. The molecule has 192 valence electrons. The minimum atomic E-state index is -5.78. The van der Waals surface area contributed by atoms with Crippen molar-refractivity contribution in [2.24, 2.45) is 5.92 Å². The van der Waals surface area contributed by atoms with Crippen molar-refractivity contribution in [1.29, 1.82) is 0 Å². The first kappa shape index (κ1) is 30.6. The molecule has 20 nitrogen and oxygen atoms in total. The third-order valence-electron chi connectivity index (χ3n) is 3.63. The standard InChI is InChI=1S/C7H19O20P5/c1-2-3(23-28(8,9)10)5(25-30(14,15)16)7(27-32(20,21)22)6(26-31(17,18)19)4(2)24-29(11,12)13/h2-7H,1H3,(H2,8,9,10)(H2,11,12,13)(H2,14,15,16)(H2,17,18,19)(H2,20,21,22)/t2-,3-,4+,5-,6-,7-/m0/s1. The number of hydrogen-bond donors (Lipinski definition) is 10. The van der Waals surface area contributed by atoms with E-state index in [4.69, 9.17) is 48.9 Å². The lowest BCUT2D eigenvalue weighted by molar-refractivity contribution is -0.181. The number of rotatable bonds is 10. The molecule has 0 aliphatic heterocycles. The Morgan fingerprint density at radius 3 is 0.750 bits per heavy atom. The Balaban J connectivity index is 3.77. The molecule has 1 rings (SSSR count). The highest BCUT2D eigenvalue weighted by molar-refractivity contribution is 7.47. The van der Waals surface area contributed by atoms with E-state index in [9.17, 15) is 22.8 Å². The monoisotopic (exact) mass is 578 g/mol. The van der Waals surface area contributed by atoms with Gasteiger partial charge in [0.25, 0.3) is 0 Å². The van der Waals surface area contributed by atoms with Crippen LogP contribution in [0.3, 0.4) is 0 Å². The molecule has 1 aliphatic rings.